The SMILES string of the molecule is Cc1cc(C)c(C(=O)N2CCCC(C)(C(=O)O)C2)c(=O)[nH]1. The molecule has 0 radical (unpaired) electrons. The number of nitrogens with one attached hydrogen (secondary N) is 1. The van der Waals surface area contributed by atoms with Gasteiger partial charge < -0.3 is 15.0 Å². The van der Waals surface area contributed by atoms with E-state index in [1.165, 1.54) is 4.90 Å². The van der Waals surface area contributed by atoms with Crippen molar-refractivity contribution in [3.63, 3.8) is 0 Å². The van der Waals surface area contributed by atoms with E-state index in [2.05, 4.69) is 4.98 Å². The number of hydrogen-bond acceptors (Lipinski definition) is 3. The Bertz CT molecular complexity index is 650. The van der Waals surface area contributed by atoms with Crippen molar-refractivity contribution >= 4 is 11.9 Å². The fraction of sp³-hybridized carbons (Fsp3) is 0.533. The largest absolute Gasteiger partial charge is 0.481 e. The molecule has 2 heterocycles. The van der Waals surface area contributed by atoms with Crippen molar-refractivity contribution in [1.82, 2.24) is 9.88 Å². The predicted octanol–water partition coefficient (Wildman–Crippen LogP) is 1.32. The Kier molecular flexibility index (Phi) is 3.89. The summed E-state index contributed by atoms with van der Waals surface area (Å²) < 4.78 is 0. The second-order valence-electron chi connectivity index (χ2n) is 6.04. The first-order valence-corrected chi connectivity index (χ1v) is 6.98. The number of carbonyl (C=O) groups is 2. The minimum Gasteiger partial charge on any atom is -0.481 e. The molecule has 1 aliphatic heterocycles. The van der Waals surface area contributed by atoms with Crippen molar-refractivity contribution in [1.29, 1.82) is 0 Å². The van der Waals surface area contributed by atoms with Crippen LogP contribution in [0.4, 0.5) is 0 Å². The van der Waals surface area contributed by atoms with E-state index >= 15 is 0 Å². The summed E-state index contributed by atoms with van der Waals surface area (Å²) in [4.78, 5) is 40.1. The highest BCUT2D eigenvalue weighted by atomic mass is 16.4. The predicted molar refractivity (Wildman–Crippen MR) is 77.4 cm³/mol. The van der Waals surface area contributed by atoms with Gasteiger partial charge in [0.05, 0.1) is 5.41 Å². The molecule has 1 aromatic heterocycles. The number of amides is 1. The van der Waals surface area contributed by atoms with Crippen LogP contribution in [0.5, 0.6) is 0 Å². The Labute approximate surface area is 122 Å². The summed E-state index contributed by atoms with van der Waals surface area (Å²) >= 11 is 0. The normalized spacial score (nSPS) is 22.1. The van der Waals surface area contributed by atoms with Crippen molar-refractivity contribution < 1.29 is 14.7 Å². The quantitative estimate of drug-likeness (QED) is 0.860. The molecule has 2 N–H and O–H groups in total. The number of H-pyrrole nitrogens is 1. The molecule has 6 heteroatoms. The third-order valence-electron chi connectivity index (χ3n) is 4.08. The van der Waals surface area contributed by atoms with Crippen molar-refractivity contribution in [3.05, 3.63) is 33.2 Å². The standard InChI is InChI=1S/C15H20N2O4/c1-9-7-10(2)16-12(18)11(9)13(19)17-6-4-5-15(3,8-17)14(20)21/h7H,4-6,8H2,1-3H3,(H,16,18)(H,20,21). The van der Waals surface area contributed by atoms with E-state index in [9.17, 15) is 19.5 Å². The minimum atomic E-state index is -0.945. The van der Waals surface area contributed by atoms with Crippen LogP contribution in [0.1, 0.15) is 41.4 Å². The Morgan fingerprint density at radius 1 is 1.38 bits per heavy atom. The van der Waals surface area contributed by atoms with Crippen LogP contribution in [0.3, 0.4) is 0 Å². The number of carboxylic acid groups (broad SMARTS) is 1. The topological polar surface area (TPSA) is 90.5 Å². The average molecular weight is 292 g/mol. The maximum Gasteiger partial charge on any atom is 0.311 e. The fourth-order valence-corrected chi connectivity index (χ4v) is 2.86. The maximum atomic E-state index is 12.6. The summed E-state index contributed by atoms with van der Waals surface area (Å²) in [5.74, 6) is -1.30. The van der Waals surface area contributed by atoms with Crippen LogP contribution in [0.2, 0.25) is 0 Å². The van der Waals surface area contributed by atoms with E-state index < -0.39 is 16.9 Å². The maximum absolute atomic E-state index is 12.6. The smallest absolute Gasteiger partial charge is 0.311 e. The number of hydrogen-bond donors (Lipinski definition) is 2. The number of rotatable bonds is 2. The molecule has 0 spiro atoms. The van der Waals surface area contributed by atoms with Gasteiger partial charge in [-0.1, -0.05) is 0 Å². The number of carboxylic acids is 1. The van der Waals surface area contributed by atoms with Crippen LogP contribution < -0.4 is 5.56 Å². The lowest BCUT2D eigenvalue weighted by molar-refractivity contribution is -0.150. The van der Waals surface area contributed by atoms with Crippen molar-refractivity contribution in [2.24, 2.45) is 5.41 Å². The number of aryl methyl sites for hydroxylation is 2. The van der Waals surface area contributed by atoms with Crippen molar-refractivity contribution in [2.75, 3.05) is 13.1 Å². The van der Waals surface area contributed by atoms with Gasteiger partial charge in [0.2, 0.25) is 0 Å². The van der Waals surface area contributed by atoms with Gasteiger partial charge >= 0.3 is 5.97 Å². The molecule has 1 unspecified atom stereocenters. The van der Waals surface area contributed by atoms with E-state index in [-0.39, 0.29) is 18.0 Å². The number of piperidine rings is 1. The minimum absolute atomic E-state index is 0.107. The van der Waals surface area contributed by atoms with Crippen LogP contribution in [0.25, 0.3) is 0 Å². The highest BCUT2D eigenvalue weighted by Crippen LogP contribution is 2.30. The molecular weight excluding hydrogens is 272 g/mol. The lowest BCUT2D eigenvalue weighted by Gasteiger charge is -2.37. The van der Waals surface area contributed by atoms with Gasteiger partial charge in [-0.05, 0) is 45.2 Å². The summed E-state index contributed by atoms with van der Waals surface area (Å²) in [5.41, 5.74) is 0.0569. The molecule has 1 amide bonds. The van der Waals surface area contributed by atoms with Crippen molar-refractivity contribution in [3.8, 4) is 0 Å². The molecule has 1 aromatic rings. The zero-order chi connectivity index (χ0) is 15.8. The van der Waals surface area contributed by atoms with E-state index in [4.69, 9.17) is 0 Å². The number of aromatic amines is 1. The van der Waals surface area contributed by atoms with Crippen LogP contribution in [-0.4, -0.2) is 40.0 Å². The average Bonchev–Trinajstić information content (AvgIpc) is 2.37. The molecule has 1 atom stereocenters. The Morgan fingerprint density at radius 2 is 2.05 bits per heavy atom. The lowest BCUT2D eigenvalue weighted by Crippen LogP contribution is -2.49. The molecule has 1 saturated heterocycles. The van der Waals surface area contributed by atoms with Gasteiger partial charge in [-0.3, -0.25) is 14.4 Å². The van der Waals surface area contributed by atoms with Gasteiger partial charge in [-0.25, -0.2) is 0 Å². The molecule has 6 nitrogen and oxygen atoms in total. The second-order valence-corrected chi connectivity index (χ2v) is 6.04. The molecule has 0 saturated carbocycles. The van der Waals surface area contributed by atoms with Crippen molar-refractivity contribution in [2.45, 2.75) is 33.6 Å². The van der Waals surface area contributed by atoms with E-state index in [0.717, 1.165) is 0 Å². The molecule has 1 aliphatic rings. The number of aromatic nitrogens is 1. The molecular formula is C15H20N2O4. The van der Waals surface area contributed by atoms with Crippen LogP contribution >= 0.6 is 0 Å². The molecule has 114 valence electrons. The van der Waals surface area contributed by atoms with Crippen LogP contribution in [-0.2, 0) is 4.79 Å². The van der Waals surface area contributed by atoms with Gasteiger partial charge in [0.25, 0.3) is 11.5 Å². The summed E-state index contributed by atoms with van der Waals surface area (Å²) in [6.07, 6.45) is 1.16. The highest BCUT2D eigenvalue weighted by Gasteiger charge is 2.40. The van der Waals surface area contributed by atoms with Crippen LogP contribution in [0, 0.1) is 19.3 Å². The van der Waals surface area contributed by atoms with Gasteiger partial charge in [-0.15, -0.1) is 0 Å². The Balaban J connectivity index is 2.33. The monoisotopic (exact) mass is 292 g/mol. The number of aliphatic carboxylic acids is 1. The first-order valence-electron chi connectivity index (χ1n) is 6.98. The molecule has 0 aliphatic carbocycles. The molecule has 0 aromatic carbocycles. The summed E-state index contributed by atoms with van der Waals surface area (Å²) in [6.45, 7) is 5.73. The zero-order valence-corrected chi connectivity index (χ0v) is 12.5. The number of pyridine rings is 1. The van der Waals surface area contributed by atoms with Crippen LogP contribution in [0.15, 0.2) is 10.9 Å². The first kappa shape index (κ1) is 15.3. The van der Waals surface area contributed by atoms with Gasteiger partial charge in [0.15, 0.2) is 0 Å². The third kappa shape index (κ3) is 2.84. The molecule has 1 fully saturated rings. The summed E-state index contributed by atoms with van der Waals surface area (Å²) in [5, 5.41) is 9.31. The lowest BCUT2D eigenvalue weighted by atomic mass is 9.82. The number of carbonyl (C=O) groups excluding carboxylic acids is 1. The van der Waals surface area contributed by atoms with E-state index in [1.54, 1.807) is 26.8 Å². The van der Waals surface area contributed by atoms with E-state index in [0.29, 0.717) is 30.6 Å². The van der Waals surface area contributed by atoms with E-state index in [1.807, 2.05) is 0 Å². The molecule has 21 heavy (non-hydrogen) atoms. The summed E-state index contributed by atoms with van der Waals surface area (Å²) in [7, 11) is 0. The fourth-order valence-electron chi connectivity index (χ4n) is 2.86. The third-order valence-corrected chi connectivity index (χ3v) is 4.08. The second kappa shape index (κ2) is 5.35. The Morgan fingerprint density at radius 3 is 2.62 bits per heavy atom. The van der Waals surface area contributed by atoms with Gasteiger partial charge in [0, 0.05) is 18.8 Å². The van der Waals surface area contributed by atoms with Gasteiger partial charge in [-0.2, -0.15) is 0 Å². The number of likely N-dealkylation sites (tertiary alicyclic amines) is 1. The first-order chi connectivity index (χ1) is 9.74. The highest BCUT2D eigenvalue weighted by molar-refractivity contribution is 5.95. The molecule has 0 bridgehead atoms. The summed E-state index contributed by atoms with van der Waals surface area (Å²) in [6, 6.07) is 1.75. The molecule has 2 rings (SSSR count). The Hall–Kier alpha value is -2.11. The number of nitrogens with zero attached hydrogens (tertiary/aromatic N) is 1. The zero-order valence-electron chi connectivity index (χ0n) is 12.5. The van der Waals surface area contributed by atoms with Gasteiger partial charge in [0.1, 0.15) is 5.56 Å².